The maximum atomic E-state index is 12.0. The maximum Gasteiger partial charge on any atom is 0.326 e. The van der Waals surface area contributed by atoms with E-state index in [0.717, 1.165) is 5.69 Å². The van der Waals surface area contributed by atoms with Crippen LogP contribution in [0.5, 0.6) is 5.75 Å². The van der Waals surface area contributed by atoms with Crippen LogP contribution in [0.1, 0.15) is 30.6 Å². The number of anilines is 4. The molecule has 226 valence electrons. The molecule has 13 nitrogen and oxygen atoms in total. The van der Waals surface area contributed by atoms with E-state index in [1.807, 2.05) is 44.2 Å². The third-order valence-corrected chi connectivity index (χ3v) is 6.21. The molecule has 3 aromatic rings. The summed E-state index contributed by atoms with van der Waals surface area (Å²) in [5.41, 5.74) is 1.33. The third-order valence-electron chi connectivity index (χ3n) is 6.21. The Hall–Kier alpha value is -4.49. The highest BCUT2D eigenvalue weighted by molar-refractivity contribution is 5.94. The Morgan fingerprint density at radius 2 is 1.50 bits per heavy atom. The highest BCUT2D eigenvalue weighted by atomic mass is 16.5. The first kappa shape index (κ1) is 32.0. The van der Waals surface area contributed by atoms with Crippen molar-refractivity contribution in [2.24, 2.45) is 5.92 Å². The number of aliphatic carboxylic acids is 1. The molecule has 1 heterocycles. The number of nitrogens with one attached hydrogen (secondary N) is 4. The fourth-order valence-corrected chi connectivity index (χ4v) is 3.69. The van der Waals surface area contributed by atoms with Gasteiger partial charge >= 0.3 is 5.97 Å². The van der Waals surface area contributed by atoms with Gasteiger partial charge in [-0.1, -0.05) is 38.5 Å². The van der Waals surface area contributed by atoms with Crippen LogP contribution in [0.15, 0.2) is 54.6 Å². The number of aromatic nitrogens is 3. The lowest BCUT2D eigenvalue weighted by molar-refractivity contribution is -0.139. The molecule has 0 spiro atoms. The molecule has 1 amide bonds. The van der Waals surface area contributed by atoms with Crippen molar-refractivity contribution in [1.29, 1.82) is 0 Å². The lowest BCUT2D eigenvalue weighted by Gasteiger charge is -2.20. The Kier molecular flexibility index (Phi) is 13.2. The molecule has 1 aromatic heterocycles. The van der Waals surface area contributed by atoms with Crippen LogP contribution in [-0.4, -0.2) is 84.6 Å². The Bertz CT molecular complexity index is 1250. The summed E-state index contributed by atoms with van der Waals surface area (Å²) in [4.78, 5) is 37.0. The predicted octanol–water partition coefficient (Wildman–Crippen LogP) is 3.41. The van der Waals surface area contributed by atoms with Crippen molar-refractivity contribution in [1.82, 2.24) is 20.3 Å². The topological polar surface area (TPSA) is 169 Å². The number of benzene rings is 2. The Labute approximate surface area is 245 Å². The first-order valence-corrected chi connectivity index (χ1v) is 13.8. The summed E-state index contributed by atoms with van der Waals surface area (Å²) in [6.45, 7) is 6.05. The molecule has 0 bridgehead atoms. The first-order chi connectivity index (χ1) is 20.4. The van der Waals surface area contributed by atoms with Crippen LogP contribution >= 0.6 is 0 Å². The van der Waals surface area contributed by atoms with Gasteiger partial charge in [0.05, 0.1) is 33.5 Å². The van der Waals surface area contributed by atoms with Crippen LogP contribution in [-0.2, 0) is 14.3 Å². The maximum absolute atomic E-state index is 12.0. The van der Waals surface area contributed by atoms with Crippen molar-refractivity contribution in [3.05, 3.63) is 60.2 Å². The normalized spacial score (nSPS) is 12.2. The molecule has 2 atom stereocenters. The van der Waals surface area contributed by atoms with Crippen molar-refractivity contribution in [3.8, 4) is 5.75 Å². The zero-order chi connectivity index (χ0) is 30.2. The second-order valence-corrected chi connectivity index (χ2v) is 9.28. The molecule has 0 saturated heterocycles. The van der Waals surface area contributed by atoms with Gasteiger partial charge in [0.25, 0.3) is 5.91 Å². The number of nitrogens with zero attached hydrogens (tertiary/aromatic N) is 3. The quantitative estimate of drug-likeness (QED) is 0.131. The molecular weight excluding hydrogens is 542 g/mol. The Morgan fingerprint density at radius 1 is 0.857 bits per heavy atom. The van der Waals surface area contributed by atoms with E-state index >= 15 is 0 Å². The molecule has 5 N–H and O–H groups in total. The van der Waals surface area contributed by atoms with E-state index in [9.17, 15) is 14.7 Å². The molecule has 3 rings (SSSR count). The highest BCUT2D eigenvalue weighted by Crippen LogP contribution is 2.20. The van der Waals surface area contributed by atoms with E-state index in [4.69, 9.17) is 14.2 Å². The smallest absolute Gasteiger partial charge is 0.326 e. The monoisotopic (exact) mass is 581 g/mol. The van der Waals surface area contributed by atoms with Crippen LogP contribution in [0.4, 0.5) is 23.5 Å². The molecule has 42 heavy (non-hydrogen) atoms. The Morgan fingerprint density at radius 3 is 2.14 bits per heavy atom. The second-order valence-electron chi connectivity index (χ2n) is 9.28. The molecule has 2 aromatic carbocycles. The van der Waals surface area contributed by atoms with Gasteiger partial charge in [-0.2, -0.15) is 15.0 Å². The van der Waals surface area contributed by atoms with Crippen molar-refractivity contribution < 1.29 is 28.9 Å². The van der Waals surface area contributed by atoms with Crippen LogP contribution in [0.3, 0.4) is 0 Å². The minimum atomic E-state index is -0.988. The summed E-state index contributed by atoms with van der Waals surface area (Å²) in [6, 6.07) is 15.4. The number of ether oxygens (including phenoxy) is 3. The zero-order valence-corrected chi connectivity index (χ0v) is 24.1. The fourth-order valence-electron chi connectivity index (χ4n) is 3.69. The minimum absolute atomic E-state index is 0.130. The molecule has 13 heteroatoms. The van der Waals surface area contributed by atoms with Gasteiger partial charge < -0.3 is 40.6 Å². The summed E-state index contributed by atoms with van der Waals surface area (Å²) >= 11 is 0. The Balaban J connectivity index is 1.46. The number of hydrogen-bond acceptors (Lipinski definition) is 11. The van der Waals surface area contributed by atoms with Gasteiger partial charge in [-0.05, 0) is 42.3 Å². The van der Waals surface area contributed by atoms with Crippen molar-refractivity contribution in [2.45, 2.75) is 26.3 Å². The molecule has 0 fully saturated rings. The average Bonchev–Trinajstić information content (AvgIpc) is 3.01. The zero-order valence-electron chi connectivity index (χ0n) is 24.1. The summed E-state index contributed by atoms with van der Waals surface area (Å²) in [5.74, 6) is 0.0540. The highest BCUT2D eigenvalue weighted by Gasteiger charge is 2.24. The van der Waals surface area contributed by atoms with Crippen molar-refractivity contribution in [2.75, 3.05) is 62.6 Å². The number of hydrogen-bond donors (Lipinski definition) is 5. The standard InChI is InChI=1S/C29H39N7O6/c1-4-20(2)24(26(38)39)33-29-35-27(34-28(36-29)32-22-10-12-23(40-3)13-11-22)31-15-17-42-19-18-41-16-14-30-25(37)21-8-6-5-7-9-21/h5-13,20,24H,4,14-19H2,1-3H3,(H,30,37)(H,38,39)(H3,31,32,33,34,35,36)/t20-,24-/m0/s1. The van der Waals surface area contributed by atoms with Crippen LogP contribution in [0, 0.1) is 5.92 Å². The first-order valence-electron chi connectivity index (χ1n) is 13.8. The van der Waals surface area contributed by atoms with E-state index < -0.39 is 12.0 Å². The summed E-state index contributed by atoms with van der Waals surface area (Å²) in [6.07, 6.45) is 0.667. The largest absolute Gasteiger partial charge is 0.497 e. The second kappa shape index (κ2) is 17.4. The number of methoxy groups -OCH3 is 1. The van der Waals surface area contributed by atoms with E-state index in [0.29, 0.717) is 57.3 Å². The average molecular weight is 582 g/mol. The SMILES string of the molecule is CC[C@H](C)[C@H](Nc1nc(NCCOCCOCCNC(=O)c2ccccc2)nc(Nc2ccc(OC)cc2)n1)C(=O)O. The minimum Gasteiger partial charge on any atom is -0.497 e. The number of carbonyl (C=O) groups is 2. The molecule has 0 aliphatic heterocycles. The molecule has 0 aliphatic rings. The number of carboxylic acid groups (broad SMARTS) is 1. The lowest BCUT2D eigenvalue weighted by Crippen LogP contribution is -2.36. The third kappa shape index (κ3) is 10.8. The molecule has 0 saturated carbocycles. The van der Waals surface area contributed by atoms with E-state index in [-0.39, 0.29) is 29.7 Å². The van der Waals surface area contributed by atoms with E-state index in [2.05, 4.69) is 36.2 Å². The number of rotatable bonds is 19. The van der Waals surface area contributed by atoms with Crippen molar-refractivity contribution >= 4 is 35.4 Å². The lowest BCUT2D eigenvalue weighted by atomic mass is 10.00. The van der Waals surface area contributed by atoms with Gasteiger partial charge in [-0.15, -0.1) is 0 Å². The molecule has 0 radical (unpaired) electrons. The number of carbonyl (C=O) groups excluding carboxylic acids is 1. The van der Waals surface area contributed by atoms with Gasteiger partial charge in [-0.25, -0.2) is 4.79 Å². The fraction of sp³-hybridized carbons (Fsp3) is 0.414. The molecule has 0 aliphatic carbocycles. The van der Waals surface area contributed by atoms with Crippen molar-refractivity contribution in [3.63, 3.8) is 0 Å². The van der Waals surface area contributed by atoms with Crippen LogP contribution < -0.4 is 26.0 Å². The predicted molar refractivity (Wildman–Crippen MR) is 160 cm³/mol. The summed E-state index contributed by atoms with van der Waals surface area (Å²) < 4.78 is 16.3. The van der Waals surface area contributed by atoms with Gasteiger partial charge in [0.1, 0.15) is 11.8 Å². The van der Waals surface area contributed by atoms with E-state index in [1.165, 1.54) is 0 Å². The van der Waals surface area contributed by atoms with E-state index in [1.54, 1.807) is 31.4 Å². The van der Waals surface area contributed by atoms with Gasteiger partial charge in [0.15, 0.2) is 0 Å². The van der Waals surface area contributed by atoms with Gasteiger partial charge in [0, 0.05) is 24.3 Å². The van der Waals surface area contributed by atoms with Gasteiger partial charge in [0.2, 0.25) is 17.8 Å². The summed E-state index contributed by atoms with van der Waals surface area (Å²) in [7, 11) is 1.59. The summed E-state index contributed by atoms with van der Waals surface area (Å²) in [5, 5.41) is 21.6. The van der Waals surface area contributed by atoms with Crippen LogP contribution in [0.25, 0.3) is 0 Å². The van der Waals surface area contributed by atoms with Crippen LogP contribution in [0.2, 0.25) is 0 Å². The molecular formula is C29H39N7O6. The molecule has 0 unspecified atom stereocenters. The number of carboxylic acids is 1. The van der Waals surface area contributed by atoms with Gasteiger partial charge in [-0.3, -0.25) is 4.79 Å². The number of amides is 1.